The van der Waals surface area contributed by atoms with Crippen LogP contribution < -0.4 is 10.4 Å². The van der Waals surface area contributed by atoms with Crippen molar-refractivity contribution in [2.45, 2.75) is 13.8 Å². The van der Waals surface area contributed by atoms with E-state index in [1.54, 1.807) is 18.2 Å². The molecule has 2 rings (SSSR count). The molecule has 0 atom stereocenters. The van der Waals surface area contributed by atoms with E-state index in [1.165, 1.54) is 13.0 Å². The van der Waals surface area contributed by atoms with Crippen molar-refractivity contribution >= 4 is 22.5 Å². The number of carbonyl (C=O) groups is 1. The Balaban J connectivity index is 2.65. The molecular formula is C15H14O5. The zero-order chi connectivity index (χ0) is 14.7. The normalized spacial score (nSPS) is 11.6. The monoisotopic (exact) mass is 274 g/mol. The van der Waals surface area contributed by atoms with Gasteiger partial charge < -0.3 is 14.3 Å². The third kappa shape index (κ3) is 2.71. The number of para-hydroxylation sites is 1. The van der Waals surface area contributed by atoms with Gasteiger partial charge in [0.15, 0.2) is 17.1 Å². The van der Waals surface area contributed by atoms with Crippen molar-refractivity contribution in [1.82, 2.24) is 0 Å². The number of fused-ring (bicyclic) bond motifs is 1. The lowest BCUT2D eigenvalue weighted by Gasteiger charge is -2.06. The lowest BCUT2D eigenvalue weighted by atomic mass is 10.1. The maximum Gasteiger partial charge on any atom is 0.347 e. The number of benzene rings is 1. The van der Waals surface area contributed by atoms with Gasteiger partial charge in [-0.2, -0.15) is 0 Å². The van der Waals surface area contributed by atoms with Gasteiger partial charge in [-0.3, -0.25) is 4.79 Å². The van der Waals surface area contributed by atoms with Crippen LogP contribution in [-0.4, -0.2) is 17.5 Å². The molecular weight excluding hydrogens is 260 g/mol. The minimum atomic E-state index is -0.723. The molecule has 1 aromatic heterocycles. The Hall–Kier alpha value is -2.56. The summed E-state index contributed by atoms with van der Waals surface area (Å²) >= 11 is 0. The van der Waals surface area contributed by atoms with Crippen LogP contribution >= 0.6 is 0 Å². The SMILES string of the molecule is CCOc1cccc2cc(C(O)=CC(C)=O)c(=O)oc12. The largest absolute Gasteiger partial charge is 0.507 e. The second-order valence-electron chi connectivity index (χ2n) is 4.20. The molecule has 2 aromatic rings. The summed E-state index contributed by atoms with van der Waals surface area (Å²) in [6.45, 7) is 3.55. The fourth-order valence-electron chi connectivity index (χ4n) is 1.84. The topological polar surface area (TPSA) is 76.7 Å². The van der Waals surface area contributed by atoms with Gasteiger partial charge in [0.05, 0.1) is 6.61 Å². The van der Waals surface area contributed by atoms with Crippen LogP contribution in [-0.2, 0) is 4.79 Å². The standard InChI is InChI=1S/C15H14O5/c1-3-19-13-6-4-5-10-8-11(12(17)7-9(2)16)15(18)20-14(10)13/h4-8,17H,3H2,1-2H3. The highest BCUT2D eigenvalue weighted by molar-refractivity contribution is 5.94. The lowest BCUT2D eigenvalue weighted by Crippen LogP contribution is -2.07. The Morgan fingerprint density at radius 1 is 1.45 bits per heavy atom. The zero-order valence-electron chi connectivity index (χ0n) is 11.2. The van der Waals surface area contributed by atoms with E-state index in [1.807, 2.05) is 6.92 Å². The summed E-state index contributed by atoms with van der Waals surface area (Å²) in [7, 11) is 0. The van der Waals surface area contributed by atoms with E-state index in [0.717, 1.165) is 6.08 Å². The minimum absolute atomic E-state index is 0.0543. The molecule has 1 N–H and O–H groups in total. The summed E-state index contributed by atoms with van der Waals surface area (Å²) in [6, 6.07) is 6.65. The number of aliphatic hydroxyl groups excluding tert-OH is 1. The number of rotatable bonds is 4. The molecule has 0 amide bonds. The molecule has 1 aromatic carbocycles. The third-order valence-electron chi connectivity index (χ3n) is 2.64. The van der Waals surface area contributed by atoms with Gasteiger partial charge in [0.25, 0.3) is 0 Å². The number of ketones is 1. The summed E-state index contributed by atoms with van der Waals surface area (Å²) in [6.07, 6.45) is 0.977. The van der Waals surface area contributed by atoms with Crippen molar-refractivity contribution in [2.75, 3.05) is 6.61 Å². The van der Waals surface area contributed by atoms with Crippen LogP contribution in [0.2, 0.25) is 0 Å². The van der Waals surface area contributed by atoms with Crippen LogP contribution in [0.1, 0.15) is 19.4 Å². The Bertz CT molecular complexity index is 740. The Labute approximate surface area is 115 Å². The minimum Gasteiger partial charge on any atom is -0.507 e. The van der Waals surface area contributed by atoms with Gasteiger partial charge in [-0.15, -0.1) is 0 Å². The van der Waals surface area contributed by atoms with E-state index < -0.39 is 11.4 Å². The lowest BCUT2D eigenvalue weighted by molar-refractivity contribution is -0.112. The molecule has 0 saturated heterocycles. The van der Waals surface area contributed by atoms with E-state index in [2.05, 4.69) is 0 Å². The maximum atomic E-state index is 11.9. The molecule has 0 unspecified atom stereocenters. The average molecular weight is 274 g/mol. The first-order chi connectivity index (χ1) is 9.52. The van der Waals surface area contributed by atoms with Crippen molar-refractivity contribution < 1.29 is 19.1 Å². The van der Waals surface area contributed by atoms with Crippen molar-refractivity contribution in [3.05, 3.63) is 46.3 Å². The molecule has 0 fully saturated rings. The van der Waals surface area contributed by atoms with E-state index in [4.69, 9.17) is 9.15 Å². The van der Waals surface area contributed by atoms with Crippen LogP contribution in [0.15, 0.2) is 39.6 Å². The predicted molar refractivity (Wildman–Crippen MR) is 74.9 cm³/mol. The van der Waals surface area contributed by atoms with Crippen LogP contribution in [0.3, 0.4) is 0 Å². The van der Waals surface area contributed by atoms with Crippen molar-refractivity contribution in [3.8, 4) is 5.75 Å². The summed E-state index contributed by atoms with van der Waals surface area (Å²) in [4.78, 5) is 22.8. The molecule has 0 spiro atoms. The summed E-state index contributed by atoms with van der Waals surface area (Å²) in [5.74, 6) is -0.302. The van der Waals surface area contributed by atoms with Gasteiger partial charge >= 0.3 is 5.63 Å². The molecule has 104 valence electrons. The van der Waals surface area contributed by atoms with Gasteiger partial charge in [-0.25, -0.2) is 4.79 Å². The molecule has 1 heterocycles. The van der Waals surface area contributed by atoms with Gasteiger partial charge in [0, 0.05) is 11.5 Å². The number of aliphatic hydroxyl groups is 1. The molecule has 0 saturated carbocycles. The summed E-state index contributed by atoms with van der Waals surface area (Å²) in [5, 5.41) is 10.4. The second-order valence-corrected chi connectivity index (χ2v) is 4.20. The molecule has 0 bridgehead atoms. The van der Waals surface area contributed by atoms with Gasteiger partial charge in [-0.05, 0) is 26.0 Å². The highest BCUT2D eigenvalue weighted by atomic mass is 16.5. The first-order valence-corrected chi connectivity index (χ1v) is 6.14. The first kappa shape index (κ1) is 13.9. The predicted octanol–water partition coefficient (Wildman–Crippen LogP) is 2.68. The van der Waals surface area contributed by atoms with Gasteiger partial charge in [0.2, 0.25) is 0 Å². The Morgan fingerprint density at radius 2 is 2.20 bits per heavy atom. The number of ether oxygens (including phenoxy) is 1. The smallest absolute Gasteiger partial charge is 0.347 e. The molecule has 0 aliphatic carbocycles. The zero-order valence-corrected chi connectivity index (χ0v) is 11.2. The third-order valence-corrected chi connectivity index (χ3v) is 2.64. The highest BCUT2D eigenvalue weighted by Gasteiger charge is 2.12. The second kappa shape index (κ2) is 5.61. The van der Waals surface area contributed by atoms with Gasteiger partial charge in [0.1, 0.15) is 11.3 Å². The number of hydrogen-bond acceptors (Lipinski definition) is 5. The van der Waals surface area contributed by atoms with Crippen LogP contribution in [0.5, 0.6) is 5.75 Å². The highest BCUT2D eigenvalue weighted by Crippen LogP contribution is 2.26. The van der Waals surface area contributed by atoms with E-state index >= 15 is 0 Å². The maximum absolute atomic E-state index is 11.9. The van der Waals surface area contributed by atoms with Crippen LogP contribution in [0.4, 0.5) is 0 Å². The van der Waals surface area contributed by atoms with Crippen LogP contribution in [0, 0.1) is 0 Å². The number of hydrogen-bond donors (Lipinski definition) is 1. The Morgan fingerprint density at radius 3 is 2.85 bits per heavy atom. The van der Waals surface area contributed by atoms with Crippen molar-refractivity contribution in [2.24, 2.45) is 0 Å². The van der Waals surface area contributed by atoms with E-state index in [9.17, 15) is 14.7 Å². The first-order valence-electron chi connectivity index (χ1n) is 6.14. The molecule has 5 nitrogen and oxygen atoms in total. The fourth-order valence-corrected chi connectivity index (χ4v) is 1.84. The molecule has 5 heteroatoms. The Kier molecular flexibility index (Phi) is 3.89. The number of allylic oxidation sites excluding steroid dienone is 1. The average Bonchev–Trinajstić information content (AvgIpc) is 2.38. The molecule has 0 radical (unpaired) electrons. The van der Waals surface area contributed by atoms with E-state index in [0.29, 0.717) is 23.3 Å². The van der Waals surface area contributed by atoms with Crippen molar-refractivity contribution in [3.63, 3.8) is 0 Å². The molecule has 0 aliphatic heterocycles. The quantitative estimate of drug-likeness (QED) is 0.527. The molecule has 0 aliphatic rings. The molecule has 20 heavy (non-hydrogen) atoms. The summed E-state index contributed by atoms with van der Waals surface area (Å²) < 4.78 is 10.6. The number of carbonyl (C=O) groups excluding carboxylic acids is 1. The van der Waals surface area contributed by atoms with Gasteiger partial charge in [-0.1, -0.05) is 12.1 Å². The fraction of sp³-hybridized carbons (Fsp3) is 0.200. The van der Waals surface area contributed by atoms with E-state index in [-0.39, 0.29) is 11.3 Å². The van der Waals surface area contributed by atoms with Crippen molar-refractivity contribution in [1.29, 1.82) is 0 Å². The summed E-state index contributed by atoms with van der Waals surface area (Å²) in [5.41, 5.74) is -0.459. The van der Waals surface area contributed by atoms with Crippen LogP contribution in [0.25, 0.3) is 16.7 Å².